The molecule has 2 aromatic rings. The van der Waals surface area contributed by atoms with E-state index in [9.17, 15) is 9.59 Å². The number of benzene rings is 1. The van der Waals surface area contributed by atoms with Crippen LogP contribution in [-0.4, -0.2) is 64.6 Å². The summed E-state index contributed by atoms with van der Waals surface area (Å²) in [6.07, 6.45) is 1.30. The van der Waals surface area contributed by atoms with Crippen molar-refractivity contribution < 1.29 is 14.3 Å². The van der Waals surface area contributed by atoms with Gasteiger partial charge in [0.15, 0.2) is 0 Å². The lowest BCUT2D eigenvalue weighted by Crippen LogP contribution is -2.50. The summed E-state index contributed by atoms with van der Waals surface area (Å²) in [5.74, 6) is -0.0278. The van der Waals surface area contributed by atoms with Crippen LogP contribution in [0.3, 0.4) is 0 Å². The molecule has 116 valence electrons. The highest BCUT2D eigenvalue weighted by atomic mass is 16.6. The minimum Gasteiger partial charge on any atom is -0.450 e. The van der Waals surface area contributed by atoms with Crippen LogP contribution in [0.25, 0.3) is 11.0 Å². The van der Waals surface area contributed by atoms with Gasteiger partial charge < -0.3 is 19.5 Å². The number of ether oxygens (including phenoxy) is 1. The lowest BCUT2D eigenvalue weighted by Gasteiger charge is -2.34. The standard InChI is InChI=1S/C15H18N4O3/c1-2-22-15(21)19-7-5-18(6-8-19)14(20)11-3-4-12-13(9-11)17-10-16-12/h3-4,9-10H,2,5-8H2,1H3,(H,16,17). The van der Waals surface area contributed by atoms with Crippen molar-refractivity contribution in [1.29, 1.82) is 0 Å². The molecule has 1 N–H and O–H groups in total. The summed E-state index contributed by atoms with van der Waals surface area (Å²) in [7, 11) is 0. The van der Waals surface area contributed by atoms with Gasteiger partial charge in [0, 0.05) is 31.7 Å². The number of imidazole rings is 1. The molecule has 0 aliphatic carbocycles. The molecule has 7 heteroatoms. The molecule has 1 saturated heterocycles. The Morgan fingerprint density at radius 2 is 1.95 bits per heavy atom. The smallest absolute Gasteiger partial charge is 0.409 e. The molecule has 0 unspecified atom stereocenters. The lowest BCUT2D eigenvalue weighted by atomic mass is 10.1. The maximum absolute atomic E-state index is 12.5. The first kappa shape index (κ1) is 14.4. The Morgan fingerprint density at radius 1 is 1.23 bits per heavy atom. The molecule has 7 nitrogen and oxygen atoms in total. The first-order valence-electron chi connectivity index (χ1n) is 7.33. The third-order valence-corrected chi connectivity index (χ3v) is 3.76. The molecule has 0 saturated carbocycles. The number of carbonyl (C=O) groups is 2. The zero-order valence-electron chi connectivity index (χ0n) is 12.4. The number of H-pyrrole nitrogens is 1. The normalized spacial score (nSPS) is 15.1. The van der Waals surface area contributed by atoms with Crippen LogP contribution in [0.15, 0.2) is 24.5 Å². The number of nitrogens with zero attached hydrogens (tertiary/aromatic N) is 3. The predicted molar refractivity (Wildman–Crippen MR) is 80.6 cm³/mol. The van der Waals surface area contributed by atoms with E-state index in [-0.39, 0.29) is 12.0 Å². The zero-order valence-corrected chi connectivity index (χ0v) is 12.4. The fourth-order valence-electron chi connectivity index (χ4n) is 2.56. The monoisotopic (exact) mass is 302 g/mol. The van der Waals surface area contributed by atoms with Crippen LogP contribution in [0.4, 0.5) is 4.79 Å². The number of aromatic nitrogens is 2. The highest BCUT2D eigenvalue weighted by Gasteiger charge is 2.25. The van der Waals surface area contributed by atoms with Gasteiger partial charge in [0.25, 0.3) is 5.91 Å². The Labute approximate surface area is 127 Å². The Hall–Kier alpha value is -2.57. The van der Waals surface area contributed by atoms with E-state index in [1.807, 2.05) is 12.1 Å². The molecular formula is C15H18N4O3. The number of piperazine rings is 1. The Bertz CT molecular complexity index is 689. The van der Waals surface area contributed by atoms with Gasteiger partial charge in [0.2, 0.25) is 0 Å². The molecule has 1 fully saturated rings. The fraction of sp³-hybridized carbons (Fsp3) is 0.400. The molecule has 2 heterocycles. The van der Waals surface area contributed by atoms with Crippen molar-refractivity contribution in [3.63, 3.8) is 0 Å². The summed E-state index contributed by atoms with van der Waals surface area (Å²) in [5.41, 5.74) is 2.31. The van der Waals surface area contributed by atoms with Crippen molar-refractivity contribution in [3.05, 3.63) is 30.1 Å². The van der Waals surface area contributed by atoms with Gasteiger partial charge in [0.1, 0.15) is 0 Å². The van der Waals surface area contributed by atoms with E-state index in [4.69, 9.17) is 4.74 Å². The van der Waals surface area contributed by atoms with E-state index >= 15 is 0 Å². The number of nitrogens with one attached hydrogen (secondary N) is 1. The lowest BCUT2D eigenvalue weighted by molar-refractivity contribution is 0.0570. The second kappa shape index (κ2) is 6.05. The van der Waals surface area contributed by atoms with Crippen molar-refractivity contribution in [2.75, 3.05) is 32.8 Å². The number of carbonyl (C=O) groups excluding carboxylic acids is 2. The third-order valence-electron chi connectivity index (χ3n) is 3.76. The van der Waals surface area contributed by atoms with E-state index in [0.29, 0.717) is 38.3 Å². The average molecular weight is 302 g/mol. The van der Waals surface area contributed by atoms with Gasteiger partial charge in [-0.25, -0.2) is 9.78 Å². The van der Waals surface area contributed by atoms with Crippen molar-refractivity contribution in [3.8, 4) is 0 Å². The second-order valence-corrected chi connectivity index (χ2v) is 5.11. The Morgan fingerprint density at radius 3 is 2.68 bits per heavy atom. The molecule has 3 rings (SSSR count). The van der Waals surface area contributed by atoms with Gasteiger partial charge in [-0.15, -0.1) is 0 Å². The summed E-state index contributed by atoms with van der Waals surface area (Å²) in [4.78, 5) is 34.7. The van der Waals surface area contributed by atoms with Gasteiger partial charge >= 0.3 is 6.09 Å². The maximum Gasteiger partial charge on any atom is 0.409 e. The molecule has 1 aliphatic heterocycles. The van der Waals surface area contributed by atoms with Crippen molar-refractivity contribution in [1.82, 2.24) is 19.8 Å². The van der Waals surface area contributed by atoms with Gasteiger partial charge in [-0.05, 0) is 25.1 Å². The van der Waals surface area contributed by atoms with Crippen molar-refractivity contribution in [2.45, 2.75) is 6.92 Å². The topological polar surface area (TPSA) is 78.5 Å². The summed E-state index contributed by atoms with van der Waals surface area (Å²) >= 11 is 0. The van der Waals surface area contributed by atoms with Crippen LogP contribution in [0, 0.1) is 0 Å². The number of rotatable bonds is 2. The number of aromatic amines is 1. The van der Waals surface area contributed by atoms with E-state index in [2.05, 4.69) is 9.97 Å². The van der Waals surface area contributed by atoms with Crippen molar-refractivity contribution in [2.24, 2.45) is 0 Å². The largest absolute Gasteiger partial charge is 0.450 e. The zero-order chi connectivity index (χ0) is 15.5. The van der Waals surface area contributed by atoms with Crippen LogP contribution >= 0.6 is 0 Å². The van der Waals surface area contributed by atoms with Gasteiger partial charge in [-0.3, -0.25) is 4.79 Å². The van der Waals surface area contributed by atoms with E-state index in [1.165, 1.54) is 0 Å². The molecule has 0 radical (unpaired) electrons. The summed E-state index contributed by atoms with van der Waals surface area (Å²) in [5, 5.41) is 0. The highest BCUT2D eigenvalue weighted by Crippen LogP contribution is 2.15. The highest BCUT2D eigenvalue weighted by molar-refractivity contribution is 5.97. The Kier molecular flexibility index (Phi) is 3.95. The third kappa shape index (κ3) is 2.74. The minimum absolute atomic E-state index is 0.0278. The summed E-state index contributed by atoms with van der Waals surface area (Å²) < 4.78 is 4.97. The minimum atomic E-state index is -0.312. The fourth-order valence-corrected chi connectivity index (χ4v) is 2.56. The predicted octanol–water partition coefficient (Wildman–Crippen LogP) is 1.48. The second-order valence-electron chi connectivity index (χ2n) is 5.11. The molecule has 1 aromatic carbocycles. The van der Waals surface area contributed by atoms with E-state index < -0.39 is 0 Å². The molecule has 0 atom stereocenters. The van der Waals surface area contributed by atoms with Crippen LogP contribution in [-0.2, 0) is 4.74 Å². The molecule has 1 aliphatic rings. The van der Waals surface area contributed by atoms with Gasteiger partial charge in [0.05, 0.1) is 24.0 Å². The van der Waals surface area contributed by atoms with E-state index in [1.54, 1.807) is 29.1 Å². The molecule has 0 spiro atoms. The van der Waals surface area contributed by atoms with Crippen LogP contribution in [0.2, 0.25) is 0 Å². The molecule has 2 amide bonds. The maximum atomic E-state index is 12.5. The van der Waals surface area contributed by atoms with E-state index in [0.717, 1.165) is 11.0 Å². The van der Waals surface area contributed by atoms with Gasteiger partial charge in [-0.2, -0.15) is 0 Å². The molecule has 22 heavy (non-hydrogen) atoms. The van der Waals surface area contributed by atoms with Crippen molar-refractivity contribution >= 4 is 23.0 Å². The first-order chi connectivity index (χ1) is 10.7. The summed E-state index contributed by atoms with van der Waals surface area (Å²) in [6.45, 7) is 4.16. The van der Waals surface area contributed by atoms with Gasteiger partial charge in [-0.1, -0.05) is 0 Å². The van der Waals surface area contributed by atoms with Crippen LogP contribution < -0.4 is 0 Å². The van der Waals surface area contributed by atoms with Crippen LogP contribution in [0.1, 0.15) is 17.3 Å². The quantitative estimate of drug-likeness (QED) is 0.911. The number of hydrogen-bond donors (Lipinski definition) is 1. The average Bonchev–Trinajstić information content (AvgIpc) is 3.02. The molecule has 0 bridgehead atoms. The summed E-state index contributed by atoms with van der Waals surface area (Å²) in [6, 6.07) is 5.42. The SMILES string of the molecule is CCOC(=O)N1CCN(C(=O)c2ccc3nc[nH]c3c2)CC1. The molecular weight excluding hydrogens is 284 g/mol. The first-order valence-corrected chi connectivity index (χ1v) is 7.33. The Balaban J connectivity index is 1.65. The molecule has 1 aromatic heterocycles. The number of hydrogen-bond acceptors (Lipinski definition) is 4. The number of amides is 2. The number of fused-ring (bicyclic) bond motifs is 1. The van der Waals surface area contributed by atoms with Crippen LogP contribution in [0.5, 0.6) is 0 Å².